The van der Waals surface area contributed by atoms with Crippen LogP contribution in [0.1, 0.15) is 25.7 Å². The van der Waals surface area contributed by atoms with Gasteiger partial charge in [0.05, 0.1) is 6.10 Å². The summed E-state index contributed by atoms with van der Waals surface area (Å²) in [6.45, 7) is 3.45. The smallest absolute Gasteiger partial charge is 0.251 e. The summed E-state index contributed by atoms with van der Waals surface area (Å²) in [6.07, 6.45) is 2.75. The minimum Gasteiger partial charge on any atom is -0.368 e. The molecule has 7 nitrogen and oxygen atoms in total. The van der Waals surface area contributed by atoms with Gasteiger partial charge in [-0.3, -0.25) is 9.59 Å². The highest BCUT2D eigenvalue weighted by molar-refractivity contribution is 5.83. The van der Waals surface area contributed by atoms with Crippen molar-refractivity contribution in [1.29, 1.82) is 0 Å². The highest BCUT2D eigenvalue weighted by Crippen LogP contribution is 2.22. The average Bonchev–Trinajstić information content (AvgIpc) is 3.25. The van der Waals surface area contributed by atoms with Gasteiger partial charge in [0, 0.05) is 39.3 Å². The molecule has 3 rings (SSSR count). The fourth-order valence-electron chi connectivity index (χ4n) is 3.39. The molecule has 2 amide bonds. The first-order chi connectivity index (χ1) is 10.7. The molecule has 0 aliphatic carbocycles. The second-order valence-electron chi connectivity index (χ2n) is 6.21. The lowest BCUT2D eigenvalue weighted by Crippen LogP contribution is -2.54. The van der Waals surface area contributed by atoms with Gasteiger partial charge in [-0.05, 0) is 25.7 Å². The van der Waals surface area contributed by atoms with Crippen LogP contribution in [0, 0.1) is 0 Å². The molecule has 3 fully saturated rings. The Hall–Kier alpha value is -1.18. The van der Waals surface area contributed by atoms with E-state index < -0.39 is 0 Å². The van der Waals surface area contributed by atoms with Crippen LogP contribution in [-0.2, 0) is 19.1 Å². The molecule has 3 aliphatic rings. The lowest BCUT2D eigenvalue weighted by atomic mass is 10.1. The number of piperazine rings is 1. The van der Waals surface area contributed by atoms with E-state index in [-0.39, 0.29) is 30.1 Å². The normalized spacial score (nSPS) is 32.5. The van der Waals surface area contributed by atoms with Crippen LogP contribution >= 0.6 is 0 Å². The summed E-state index contributed by atoms with van der Waals surface area (Å²) in [7, 11) is 0. The van der Waals surface area contributed by atoms with Crippen molar-refractivity contribution in [3.05, 3.63) is 0 Å². The third kappa shape index (κ3) is 3.26. The Morgan fingerprint density at radius 1 is 0.955 bits per heavy atom. The third-order valence-corrected chi connectivity index (χ3v) is 4.75. The van der Waals surface area contributed by atoms with Gasteiger partial charge in [0.2, 0.25) is 0 Å². The second kappa shape index (κ2) is 6.93. The number of carbonyl (C=O) groups excluding carboxylic acids is 2. The summed E-state index contributed by atoms with van der Waals surface area (Å²) in [5, 5.41) is 0. The van der Waals surface area contributed by atoms with Crippen LogP contribution in [0.15, 0.2) is 0 Å². The van der Waals surface area contributed by atoms with E-state index in [0.29, 0.717) is 39.3 Å². The van der Waals surface area contributed by atoms with Crippen molar-refractivity contribution in [3.8, 4) is 0 Å². The molecule has 1 unspecified atom stereocenters. The number of amides is 2. The Bertz CT molecular complexity index is 417. The maximum absolute atomic E-state index is 12.4. The molecule has 3 aliphatic heterocycles. The molecule has 3 heterocycles. The maximum Gasteiger partial charge on any atom is 0.251 e. The molecule has 0 saturated carbocycles. The molecule has 3 atom stereocenters. The highest BCUT2D eigenvalue weighted by atomic mass is 16.5. The molecule has 0 spiro atoms. The fraction of sp³-hybridized carbons (Fsp3) is 0.867. The summed E-state index contributed by atoms with van der Waals surface area (Å²) in [6, 6.07) is 0. The highest BCUT2D eigenvalue weighted by Gasteiger charge is 2.36. The Kier molecular flexibility index (Phi) is 4.95. The largest absolute Gasteiger partial charge is 0.368 e. The van der Waals surface area contributed by atoms with Crippen LogP contribution in [0.2, 0.25) is 0 Å². The molecule has 3 saturated heterocycles. The lowest BCUT2D eigenvalue weighted by molar-refractivity contribution is -0.150. The zero-order valence-electron chi connectivity index (χ0n) is 12.9. The van der Waals surface area contributed by atoms with Gasteiger partial charge >= 0.3 is 0 Å². The number of ether oxygens (including phenoxy) is 2. The summed E-state index contributed by atoms with van der Waals surface area (Å²) in [5.74, 6) is 0.116. The van der Waals surface area contributed by atoms with Crippen molar-refractivity contribution in [1.82, 2.24) is 9.80 Å². The van der Waals surface area contributed by atoms with Gasteiger partial charge in [0.15, 0.2) is 0 Å². The van der Waals surface area contributed by atoms with Gasteiger partial charge in [-0.25, -0.2) is 0 Å². The van der Waals surface area contributed by atoms with Gasteiger partial charge in [-0.1, -0.05) is 0 Å². The van der Waals surface area contributed by atoms with Gasteiger partial charge < -0.3 is 25.0 Å². The Balaban J connectivity index is 1.47. The lowest BCUT2D eigenvalue weighted by Gasteiger charge is -2.36. The van der Waals surface area contributed by atoms with Gasteiger partial charge in [-0.2, -0.15) is 0 Å². The van der Waals surface area contributed by atoms with Crippen LogP contribution < -0.4 is 5.73 Å². The van der Waals surface area contributed by atoms with E-state index in [9.17, 15) is 9.59 Å². The topological polar surface area (TPSA) is 85.1 Å². The molecule has 124 valence electrons. The molecule has 7 heteroatoms. The van der Waals surface area contributed by atoms with Crippen LogP contribution in [0.3, 0.4) is 0 Å². The summed E-state index contributed by atoms with van der Waals surface area (Å²) < 4.78 is 11.1. The van der Waals surface area contributed by atoms with Crippen LogP contribution in [-0.4, -0.2) is 79.3 Å². The Labute approximate surface area is 130 Å². The van der Waals surface area contributed by atoms with Crippen molar-refractivity contribution < 1.29 is 19.1 Å². The van der Waals surface area contributed by atoms with Crippen LogP contribution in [0.5, 0.6) is 0 Å². The van der Waals surface area contributed by atoms with E-state index in [1.165, 1.54) is 0 Å². The summed E-state index contributed by atoms with van der Waals surface area (Å²) in [4.78, 5) is 28.3. The number of carbonyl (C=O) groups is 2. The first-order valence-corrected chi connectivity index (χ1v) is 8.23. The number of rotatable bonds is 3. The molecular formula is C15H25N3O4. The molecule has 0 aromatic carbocycles. The first-order valence-electron chi connectivity index (χ1n) is 8.23. The summed E-state index contributed by atoms with van der Waals surface area (Å²) >= 11 is 0. The molecule has 0 bridgehead atoms. The van der Waals surface area contributed by atoms with E-state index in [0.717, 1.165) is 25.7 Å². The van der Waals surface area contributed by atoms with Crippen LogP contribution in [0.25, 0.3) is 0 Å². The maximum atomic E-state index is 12.4. The SMILES string of the molecule is NC[C@H]1CC[C@@H](C(=O)N2CCN(C(=O)C3CCCO3)CC2)O1. The predicted octanol–water partition coefficient (Wildman–Crippen LogP) is -0.657. The quantitative estimate of drug-likeness (QED) is 0.748. The van der Waals surface area contributed by atoms with Crippen LogP contribution in [0.4, 0.5) is 0 Å². The summed E-state index contributed by atoms with van der Waals surface area (Å²) in [5.41, 5.74) is 5.58. The van der Waals surface area contributed by atoms with Crippen molar-refractivity contribution in [2.24, 2.45) is 5.73 Å². The monoisotopic (exact) mass is 311 g/mol. The number of nitrogens with two attached hydrogens (primary N) is 1. The van der Waals surface area contributed by atoms with E-state index in [1.807, 2.05) is 9.80 Å². The first kappa shape index (κ1) is 15.7. The third-order valence-electron chi connectivity index (χ3n) is 4.75. The Morgan fingerprint density at radius 3 is 2.09 bits per heavy atom. The Morgan fingerprint density at radius 2 is 1.59 bits per heavy atom. The molecule has 22 heavy (non-hydrogen) atoms. The predicted molar refractivity (Wildman–Crippen MR) is 79.1 cm³/mol. The van der Waals surface area contributed by atoms with Crippen molar-refractivity contribution in [3.63, 3.8) is 0 Å². The number of hydrogen-bond donors (Lipinski definition) is 1. The van der Waals surface area contributed by atoms with E-state index >= 15 is 0 Å². The fourth-order valence-corrected chi connectivity index (χ4v) is 3.39. The van der Waals surface area contributed by atoms with Crippen molar-refractivity contribution >= 4 is 11.8 Å². The van der Waals surface area contributed by atoms with E-state index in [1.54, 1.807) is 0 Å². The van der Waals surface area contributed by atoms with Gasteiger partial charge in [0.1, 0.15) is 12.2 Å². The number of hydrogen-bond acceptors (Lipinski definition) is 5. The van der Waals surface area contributed by atoms with Gasteiger partial charge in [-0.15, -0.1) is 0 Å². The number of nitrogens with zero attached hydrogens (tertiary/aromatic N) is 2. The van der Waals surface area contributed by atoms with Crippen molar-refractivity contribution in [2.45, 2.75) is 44.0 Å². The molecule has 2 N–H and O–H groups in total. The molecule has 0 aromatic heterocycles. The van der Waals surface area contributed by atoms with Gasteiger partial charge in [0.25, 0.3) is 11.8 Å². The second-order valence-corrected chi connectivity index (χ2v) is 6.21. The molecule has 0 aromatic rings. The standard InChI is InChI=1S/C15H25N3O4/c16-10-11-3-4-13(22-11)15(20)18-7-5-17(6-8-18)14(19)12-2-1-9-21-12/h11-13H,1-10,16H2/t11-,12?,13+/m1/s1. The minimum atomic E-state index is -0.353. The van der Waals surface area contributed by atoms with E-state index in [4.69, 9.17) is 15.2 Å². The molecular weight excluding hydrogens is 286 g/mol. The average molecular weight is 311 g/mol. The molecule has 0 radical (unpaired) electrons. The minimum absolute atomic E-state index is 0.0105. The van der Waals surface area contributed by atoms with E-state index in [2.05, 4.69) is 0 Å². The zero-order valence-corrected chi connectivity index (χ0v) is 12.9. The van der Waals surface area contributed by atoms with Crippen molar-refractivity contribution in [2.75, 3.05) is 39.3 Å². The zero-order chi connectivity index (χ0) is 15.5.